The molecule has 1 atom stereocenters. The fourth-order valence-electron chi connectivity index (χ4n) is 4.20. The van der Waals surface area contributed by atoms with Gasteiger partial charge in [-0.15, -0.1) is 0 Å². The van der Waals surface area contributed by atoms with E-state index in [1.165, 1.54) is 12.4 Å². The second-order valence-electron chi connectivity index (χ2n) is 7.76. The molecule has 34 heavy (non-hydrogen) atoms. The average molecular weight is 456 g/mol. The Kier molecular flexibility index (Phi) is 7.32. The zero-order valence-electron chi connectivity index (χ0n) is 19.6. The number of ether oxygens (including phenoxy) is 1. The van der Waals surface area contributed by atoms with E-state index in [2.05, 4.69) is 16.5 Å². The van der Waals surface area contributed by atoms with Crippen LogP contribution in [0.3, 0.4) is 0 Å². The smallest absolute Gasteiger partial charge is 0.246 e. The number of amides is 1. The van der Waals surface area contributed by atoms with Crippen LogP contribution in [0, 0.1) is 0 Å². The molecule has 7 nitrogen and oxygen atoms in total. The molecule has 7 heteroatoms. The molecule has 1 fully saturated rings. The fraction of sp³-hybridized carbons (Fsp3) is 0.259. The highest BCUT2D eigenvalue weighted by Crippen LogP contribution is 2.30. The standard InChI is InChI=1S/C25H23N5O2.C2H6/c1-2-23(31)29-14-6-7-19(29)16-30-25-22(15-26-17-27-25)24(28-30)18-10-12-21(13-11-18)32-20-8-4-3-5-9-20;1-2/h2-5,8-13,15,17,19H,1,6-7,14,16H2;1-2H3/t19-;/m0./s1. The molecular weight excluding hydrogens is 426 g/mol. The maximum atomic E-state index is 12.2. The van der Waals surface area contributed by atoms with Crippen molar-refractivity contribution >= 4 is 16.9 Å². The molecule has 1 saturated heterocycles. The molecule has 0 radical (unpaired) electrons. The lowest BCUT2D eigenvalue weighted by molar-refractivity contribution is -0.127. The molecule has 0 spiro atoms. The van der Waals surface area contributed by atoms with E-state index in [0.717, 1.165) is 53.2 Å². The lowest BCUT2D eigenvalue weighted by Crippen LogP contribution is -2.37. The van der Waals surface area contributed by atoms with Crippen LogP contribution in [-0.4, -0.2) is 43.1 Å². The minimum Gasteiger partial charge on any atom is -0.457 e. The van der Waals surface area contributed by atoms with Gasteiger partial charge in [0.15, 0.2) is 5.65 Å². The second kappa shape index (κ2) is 10.7. The molecule has 0 unspecified atom stereocenters. The Morgan fingerprint density at radius 2 is 1.85 bits per heavy atom. The van der Waals surface area contributed by atoms with E-state index < -0.39 is 0 Å². The van der Waals surface area contributed by atoms with Crippen molar-refractivity contribution in [1.82, 2.24) is 24.6 Å². The summed E-state index contributed by atoms with van der Waals surface area (Å²) in [6.07, 6.45) is 6.62. The number of carbonyl (C=O) groups excluding carboxylic acids is 1. The van der Waals surface area contributed by atoms with Crippen molar-refractivity contribution in [3.63, 3.8) is 0 Å². The molecule has 5 rings (SSSR count). The molecule has 1 aliphatic heterocycles. The molecule has 0 bridgehead atoms. The summed E-state index contributed by atoms with van der Waals surface area (Å²) >= 11 is 0. The first-order valence-electron chi connectivity index (χ1n) is 11.7. The van der Waals surface area contributed by atoms with Crippen molar-refractivity contribution < 1.29 is 9.53 Å². The highest BCUT2D eigenvalue weighted by atomic mass is 16.5. The van der Waals surface area contributed by atoms with Gasteiger partial charge >= 0.3 is 0 Å². The molecule has 0 saturated carbocycles. The van der Waals surface area contributed by atoms with Crippen molar-refractivity contribution in [2.75, 3.05) is 6.54 Å². The fourth-order valence-corrected chi connectivity index (χ4v) is 4.20. The molecular formula is C27H29N5O2. The molecule has 1 amide bonds. The Balaban J connectivity index is 0.00000133. The zero-order chi connectivity index (χ0) is 23.9. The van der Waals surface area contributed by atoms with Gasteiger partial charge < -0.3 is 9.64 Å². The predicted octanol–water partition coefficient (Wildman–Crippen LogP) is 5.49. The number of fused-ring (bicyclic) bond motifs is 1. The second-order valence-corrected chi connectivity index (χ2v) is 7.76. The van der Waals surface area contributed by atoms with E-state index in [-0.39, 0.29) is 11.9 Å². The minimum atomic E-state index is -0.0344. The first-order valence-corrected chi connectivity index (χ1v) is 11.7. The van der Waals surface area contributed by atoms with E-state index >= 15 is 0 Å². The summed E-state index contributed by atoms with van der Waals surface area (Å²) in [5.41, 5.74) is 2.53. The third kappa shape index (κ3) is 4.83. The average Bonchev–Trinajstić information content (AvgIpc) is 3.51. The molecule has 0 aliphatic carbocycles. The first kappa shape index (κ1) is 23.2. The maximum Gasteiger partial charge on any atom is 0.246 e. The van der Waals surface area contributed by atoms with Crippen LogP contribution in [0.15, 0.2) is 79.8 Å². The van der Waals surface area contributed by atoms with Gasteiger partial charge in [0, 0.05) is 18.3 Å². The van der Waals surface area contributed by atoms with Crippen molar-refractivity contribution in [1.29, 1.82) is 0 Å². The molecule has 1 aliphatic rings. The third-order valence-corrected chi connectivity index (χ3v) is 5.74. The van der Waals surface area contributed by atoms with Gasteiger partial charge in [0.05, 0.1) is 18.0 Å². The number of likely N-dealkylation sites (tertiary alicyclic amines) is 1. The summed E-state index contributed by atoms with van der Waals surface area (Å²) in [6, 6.07) is 17.6. The van der Waals surface area contributed by atoms with Gasteiger partial charge in [0.25, 0.3) is 0 Å². The monoisotopic (exact) mass is 455 g/mol. The van der Waals surface area contributed by atoms with Gasteiger partial charge in [-0.1, -0.05) is 38.6 Å². The Labute approximate surface area is 199 Å². The van der Waals surface area contributed by atoms with Crippen LogP contribution in [-0.2, 0) is 11.3 Å². The quantitative estimate of drug-likeness (QED) is 0.360. The molecule has 174 valence electrons. The van der Waals surface area contributed by atoms with Crippen molar-refractivity contribution in [2.24, 2.45) is 0 Å². The van der Waals surface area contributed by atoms with E-state index in [1.807, 2.05) is 78.0 Å². The number of nitrogens with zero attached hydrogens (tertiary/aromatic N) is 5. The normalized spacial score (nSPS) is 15.0. The molecule has 2 aromatic carbocycles. The number of para-hydroxylation sites is 1. The van der Waals surface area contributed by atoms with Gasteiger partial charge in [-0.05, 0) is 55.3 Å². The summed E-state index contributed by atoms with van der Waals surface area (Å²) < 4.78 is 7.79. The number of carbonyl (C=O) groups is 1. The van der Waals surface area contributed by atoms with Gasteiger partial charge in [-0.25, -0.2) is 14.6 Å². The molecule has 3 heterocycles. The summed E-state index contributed by atoms with van der Waals surface area (Å²) in [5, 5.41) is 5.74. The van der Waals surface area contributed by atoms with Crippen molar-refractivity contribution in [2.45, 2.75) is 39.3 Å². The van der Waals surface area contributed by atoms with Gasteiger partial charge in [-0.3, -0.25) is 4.79 Å². The Hall–Kier alpha value is -4.00. The van der Waals surface area contributed by atoms with Crippen LogP contribution >= 0.6 is 0 Å². The SMILES string of the molecule is C=CC(=O)N1CCC[C@H]1Cn1nc(-c2ccc(Oc3ccccc3)cc2)c2cncnc21.CC. The molecule has 0 N–H and O–H groups in total. The zero-order valence-corrected chi connectivity index (χ0v) is 19.6. The summed E-state index contributed by atoms with van der Waals surface area (Å²) in [6.45, 7) is 8.96. The van der Waals surface area contributed by atoms with E-state index in [0.29, 0.717) is 6.54 Å². The Morgan fingerprint density at radius 1 is 1.12 bits per heavy atom. The van der Waals surface area contributed by atoms with Crippen LogP contribution in [0.4, 0.5) is 0 Å². The van der Waals surface area contributed by atoms with Gasteiger partial charge in [0.2, 0.25) is 5.91 Å². The lowest BCUT2D eigenvalue weighted by Gasteiger charge is -2.23. The van der Waals surface area contributed by atoms with Gasteiger partial charge in [-0.2, -0.15) is 5.10 Å². The number of hydrogen-bond donors (Lipinski definition) is 0. The van der Waals surface area contributed by atoms with E-state index in [1.54, 1.807) is 6.20 Å². The first-order chi connectivity index (χ1) is 16.7. The van der Waals surface area contributed by atoms with Crippen molar-refractivity contribution in [3.05, 3.63) is 79.8 Å². The van der Waals surface area contributed by atoms with Gasteiger partial charge in [0.1, 0.15) is 23.5 Å². The van der Waals surface area contributed by atoms with Crippen LogP contribution in [0.2, 0.25) is 0 Å². The third-order valence-electron chi connectivity index (χ3n) is 5.74. The summed E-state index contributed by atoms with van der Waals surface area (Å²) in [4.78, 5) is 22.8. The van der Waals surface area contributed by atoms with E-state index in [9.17, 15) is 4.79 Å². The van der Waals surface area contributed by atoms with Crippen LogP contribution in [0.1, 0.15) is 26.7 Å². The van der Waals surface area contributed by atoms with Crippen LogP contribution in [0.5, 0.6) is 11.5 Å². The predicted molar refractivity (Wildman–Crippen MR) is 134 cm³/mol. The topological polar surface area (TPSA) is 73.1 Å². The highest BCUT2D eigenvalue weighted by molar-refractivity contribution is 5.90. The highest BCUT2D eigenvalue weighted by Gasteiger charge is 2.28. The summed E-state index contributed by atoms with van der Waals surface area (Å²) in [7, 11) is 0. The Morgan fingerprint density at radius 3 is 2.59 bits per heavy atom. The molecule has 2 aromatic heterocycles. The number of aromatic nitrogens is 4. The molecule has 4 aromatic rings. The van der Waals surface area contributed by atoms with E-state index in [4.69, 9.17) is 9.84 Å². The van der Waals surface area contributed by atoms with Crippen LogP contribution in [0.25, 0.3) is 22.3 Å². The number of benzene rings is 2. The Bertz CT molecular complexity index is 1250. The maximum absolute atomic E-state index is 12.2. The number of hydrogen-bond acceptors (Lipinski definition) is 5. The largest absolute Gasteiger partial charge is 0.457 e. The minimum absolute atomic E-state index is 0.0344. The summed E-state index contributed by atoms with van der Waals surface area (Å²) in [5.74, 6) is 1.51. The van der Waals surface area contributed by atoms with Crippen LogP contribution < -0.4 is 4.74 Å². The van der Waals surface area contributed by atoms with Crippen molar-refractivity contribution in [3.8, 4) is 22.8 Å². The lowest BCUT2D eigenvalue weighted by atomic mass is 10.1. The number of rotatable bonds is 6.